The van der Waals surface area contributed by atoms with Gasteiger partial charge in [-0.2, -0.15) is 0 Å². The van der Waals surface area contributed by atoms with E-state index in [4.69, 9.17) is 0 Å². The second-order valence-electron chi connectivity index (χ2n) is 14.5. The zero-order chi connectivity index (χ0) is 26.8. The van der Waals surface area contributed by atoms with Crippen molar-refractivity contribution in [2.75, 3.05) is 0 Å². The van der Waals surface area contributed by atoms with E-state index in [1.807, 2.05) is 0 Å². The summed E-state index contributed by atoms with van der Waals surface area (Å²) in [6, 6.07) is 9.56. The van der Waals surface area contributed by atoms with Crippen LogP contribution in [0.4, 0.5) is 0 Å². The number of rotatable bonds is 12. The molecule has 1 aromatic rings. The third kappa shape index (κ3) is 5.91. The molecule has 0 bridgehead atoms. The Morgan fingerprint density at radius 2 is 1.51 bits per heavy atom. The largest absolute Gasteiger partial charge is 0.332 e. The molecule has 37 heavy (non-hydrogen) atoms. The molecule has 0 radical (unpaired) electrons. The van der Waals surface area contributed by atoms with Gasteiger partial charge in [-0.05, 0) is 85.6 Å². The van der Waals surface area contributed by atoms with Gasteiger partial charge in [0.1, 0.15) is 8.24 Å². The van der Waals surface area contributed by atoms with E-state index in [0.717, 1.165) is 11.5 Å². The first-order valence-electron chi connectivity index (χ1n) is 15.9. The second kappa shape index (κ2) is 11.5. The number of hydrogen-bond donors (Lipinski definition) is 1. The van der Waals surface area contributed by atoms with Crippen molar-refractivity contribution in [2.45, 2.75) is 142 Å². The molecular formula is C35H57NSi. The molecule has 0 heterocycles. The van der Waals surface area contributed by atoms with Crippen molar-refractivity contribution in [1.82, 2.24) is 4.98 Å². The molecule has 0 amide bonds. The minimum absolute atomic E-state index is 0.183. The summed E-state index contributed by atoms with van der Waals surface area (Å²) in [7, 11) is -1.64. The predicted molar refractivity (Wildman–Crippen MR) is 167 cm³/mol. The topological polar surface area (TPSA) is 12.0 Å². The molecule has 4 unspecified atom stereocenters. The van der Waals surface area contributed by atoms with Crippen LogP contribution in [0, 0.1) is 17.8 Å². The summed E-state index contributed by atoms with van der Waals surface area (Å²) in [5.41, 5.74) is 7.80. The minimum atomic E-state index is -1.64. The fraction of sp³-hybridized carbons (Fsp3) is 0.714. The zero-order valence-electron chi connectivity index (χ0n) is 25.6. The first-order chi connectivity index (χ1) is 17.5. The van der Waals surface area contributed by atoms with Crippen LogP contribution in [0.2, 0.25) is 18.6 Å². The second-order valence-corrected chi connectivity index (χ2v) is 18.8. The summed E-state index contributed by atoms with van der Waals surface area (Å²) in [6.07, 6.45) is 20.5. The molecule has 0 aromatic heterocycles. The van der Waals surface area contributed by atoms with Gasteiger partial charge in [-0.3, -0.25) is 0 Å². The van der Waals surface area contributed by atoms with Gasteiger partial charge < -0.3 is 4.98 Å². The fourth-order valence-electron chi connectivity index (χ4n) is 8.92. The number of unbranched alkanes of at least 4 members (excludes halogenated alkanes) is 6. The van der Waals surface area contributed by atoms with Crippen molar-refractivity contribution in [1.29, 1.82) is 0 Å². The molecule has 1 fully saturated rings. The van der Waals surface area contributed by atoms with Crippen LogP contribution < -0.4 is 4.98 Å². The lowest BCUT2D eigenvalue weighted by molar-refractivity contribution is 0.393. The third-order valence-electron chi connectivity index (χ3n) is 9.89. The van der Waals surface area contributed by atoms with E-state index in [9.17, 15) is 0 Å². The highest BCUT2D eigenvalue weighted by Gasteiger charge is 2.53. The smallest absolute Gasteiger partial charge is 0.123 e. The molecule has 3 aliphatic rings. The van der Waals surface area contributed by atoms with Gasteiger partial charge in [0.05, 0.1) is 0 Å². The van der Waals surface area contributed by atoms with E-state index in [2.05, 4.69) is 96.0 Å². The summed E-state index contributed by atoms with van der Waals surface area (Å²) in [4.78, 5) is 4.18. The molecule has 1 aromatic carbocycles. The van der Waals surface area contributed by atoms with E-state index < -0.39 is 8.24 Å². The average molecular weight is 520 g/mol. The van der Waals surface area contributed by atoms with Crippen LogP contribution in [0.15, 0.2) is 42.0 Å². The van der Waals surface area contributed by atoms with Gasteiger partial charge in [-0.25, -0.2) is 0 Å². The van der Waals surface area contributed by atoms with Crippen LogP contribution in [0.5, 0.6) is 0 Å². The number of fused-ring (bicyclic) bond motifs is 4. The summed E-state index contributed by atoms with van der Waals surface area (Å²) >= 11 is 0. The Labute approximate surface area is 231 Å². The molecule has 0 spiro atoms. The van der Waals surface area contributed by atoms with E-state index in [-0.39, 0.29) is 11.0 Å². The van der Waals surface area contributed by atoms with Crippen LogP contribution in [0.1, 0.15) is 123 Å². The number of benzene rings is 1. The van der Waals surface area contributed by atoms with Crippen LogP contribution in [-0.4, -0.2) is 13.8 Å². The normalized spacial score (nSPS) is 26.4. The van der Waals surface area contributed by atoms with Gasteiger partial charge in [0.25, 0.3) is 0 Å². The Morgan fingerprint density at radius 3 is 2.11 bits per heavy atom. The molecule has 1 nitrogen and oxygen atoms in total. The Balaban J connectivity index is 1.76. The highest BCUT2D eigenvalue weighted by atomic mass is 28.3. The summed E-state index contributed by atoms with van der Waals surface area (Å²) in [5.74, 6) is 2.19. The first kappa shape index (κ1) is 28.9. The maximum atomic E-state index is 4.18. The maximum absolute atomic E-state index is 4.18. The van der Waals surface area contributed by atoms with Crippen LogP contribution in [-0.2, 0) is 5.41 Å². The Bertz CT molecular complexity index is 965. The van der Waals surface area contributed by atoms with Crippen molar-refractivity contribution in [3.63, 3.8) is 0 Å². The molecule has 1 saturated carbocycles. The van der Waals surface area contributed by atoms with Crippen LogP contribution in [0.25, 0.3) is 5.57 Å². The van der Waals surface area contributed by atoms with E-state index in [1.54, 1.807) is 22.3 Å². The van der Waals surface area contributed by atoms with Crippen molar-refractivity contribution >= 4 is 13.8 Å². The molecule has 1 N–H and O–H groups in total. The van der Waals surface area contributed by atoms with Gasteiger partial charge in [-0.1, -0.05) is 122 Å². The molecule has 2 heteroatoms. The molecule has 206 valence electrons. The molecule has 0 aliphatic heterocycles. The Morgan fingerprint density at radius 1 is 0.892 bits per heavy atom. The molecule has 3 aliphatic carbocycles. The molecule has 4 rings (SSSR count). The molecule has 4 atom stereocenters. The van der Waals surface area contributed by atoms with Gasteiger partial charge in [-0.15, -0.1) is 0 Å². The quantitative estimate of drug-likeness (QED) is 0.214. The average Bonchev–Trinajstić information content (AvgIpc) is 3.29. The molecular weight excluding hydrogens is 462 g/mol. The zero-order valence-corrected chi connectivity index (χ0v) is 26.6. The number of hydrogen-bond acceptors (Lipinski definition) is 1. The van der Waals surface area contributed by atoms with E-state index >= 15 is 0 Å². The van der Waals surface area contributed by atoms with Crippen molar-refractivity contribution in [3.8, 4) is 0 Å². The Kier molecular flexibility index (Phi) is 9.01. The highest BCUT2D eigenvalue weighted by Crippen LogP contribution is 2.62. The SMILES string of the molecule is CCCCCCC1(CCCCCC)C2=CC3C(C=C2c2ccccc21)CC(C)C3[Si](C)(C)NC(C)(C)C. The summed E-state index contributed by atoms with van der Waals surface area (Å²) < 4.78 is 0. The van der Waals surface area contributed by atoms with Crippen molar-refractivity contribution in [2.24, 2.45) is 17.8 Å². The first-order valence-corrected chi connectivity index (χ1v) is 19.0. The van der Waals surface area contributed by atoms with Crippen LogP contribution >= 0.6 is 0 Å². The summed E-state index contributed by atoms with van der Waals surface area (Å²) in [5, 5.41) is 0. The third-order valence-corrected chi connectivity index (χ3v) is 13.9. The lowest BCUT2D eigenvalue weighted by atomic mass is 9.68. The van der Waals surface area contributed by atoms with Gasteiger partial charge in [0.2, 0.25) is 0 Å². The van der Waals surface area contributed by atoms with Crippen molar-refractivity contribution in [3.05, 3.63) is 53.1 Å². The fourth-order valence-corrected chi connectivity index (χ4v) is 13.9. The standard InChI is InChI=1S/C35H57NSi/c1-9-11-13-17-21-35(22-18-14-12-10-2)31-20-16-15-19-28(31)30-24-27-23-26(3)33(29(27)25-32(30)35)37(7,8)36-34(4,5)6/h15-16,19-20,24-27,29,33,36H,9-14,17-18,21-23H2,1-8H3. The van der Waals surface area contributed by atoms with E-state index in [0.29, 0.717) is 11.8 Å². The maximum Gasteiger partial charge on any atom is 0.123 e. The Hall–Kier alpha value is -1.12. The summed E-state index contributed by atoms with van der Waals surface area (Å²) in [6.45, 7) is 19.6. The highest BCUT2D eigenvalue weighted by molar-refractivity contribution is 6.76. The predicted octanol–water partition coefficient (Wildman–Crippen LogP) is 10.4. The monoisotopic (exact) mass is 519 g/mol. The van der Waals surface area contributed by atoms with Gasteiger partial charge in [0, 0.05) is 11.0 Å². The van der Waals surface area contributed by atoms with Gasteiger partial charge in [0.15, 0.2) is 0 Å². The van der Waals surface area contributed by atoms with Gasteiger partial charge >= 0.3 is 0 Å². The molecule has 0 saturated heterocycles. The lowest BCUT2D eigenvalue weighted by Gasteiger charge is -2.43. The minimum Gasteiger partial charge on any atom is -0.332 e. The van der Waals surface area contributed by atoms with Crippen molar-refractivity contribution < 1.29 is 0 Å². The lowest BCUT2D eigenvalue weighted by Crippen LogP contribution is -2.58. The number of nitrogens with one attached hydrogen (secondary N) is 1. The number of allylic oxidation sites excluding steroid dienone is 4. The van der Waals surface area contributed by atoms with E-state index in [1.165, 1.54) is 70.6 Å². The van der Waals surface area contributed by atoms with Crippen LogP contribution in [0.3, 0.4) is 0 Å².